The zero-order valence-corrected chi connectivity index (χ0v) is 10.1. The third-order valence-corrected chi connectivity index (χ3v) is 3.60. The van der Waals surface area contributed by atoms with Gasteiger partial charge in [-0.25, -0.2) is 0 Å². The Labute approximate surface area is 105 Å². The van der Waals surface area contributed by atoms with Crippen LogP contribution in [0.2, 0.25) is 0 Å². The van der Waals surface area contributed by atoms with E-state index < -0.39 is 0 Å². The molecule has 0 aliphatic rings. The van der Waals surface area contributed by atoms with Crippen molar-refractivity contribution in [2.24, 2.45) is 0 Å². The van der Waals surface area contributed by atoms with Crippen molar-refractivity contribution in [2.75, 3.05) is 0 Å². The first-order valence-electron chi connectivity index (χ1n) is 6.14. The van der Waals surface area contributed by atoms with Gasteiger partial charge in [0.1, 0.15) is 11.2 Å². The van der Waals surface area contributed by atoms with Crippen LogP contribution in [0.4, 0.5) is 0 Å². The van der Waals surface area contributed by atoms with Crippen molar-refractivity contribution in [3.63, 3.8) is 0 Å². The van der Waals surface area contributed by atoms with E-state index in [0.717, 1.165) is 11.2 Å². The number of hydrogen-bond donors (Lipinski definition) is 0. The summed E-state index contributed by atoms with van der Waals surface area (Å²) < 4.78 is 6.05. The minimum atomic E-state index is 0.973. The molecule has 0 N–H and O–H groups in total. The van der Waals surface area contributed by atoms with E-state index in [0.29, 0.717) is 0 Å². The van der Waals surface area contributed by atoms with E-state index >= 15 is 0 Å². The second kappa shape index (κ2) is 3.36. The Hall–Kier alpha value is -2.28. The highest BCUT2D eigenvalue weighted by atomic mass is 16.3. The van der Waals surface area contributed by atoms with Crippen molar-refractivity contribution in [2.45, 2.75) is 6.92 Å². The summed E-state index contributed by atoms with van der Waals surface area (Å²) in [5.41, 5.74) is 3.24. The third kappa shape index (κ3) is 1.16. The molecule has 86 valence electrons. The van der Waals surface area contributed by atoms with Gasteiger partial charge in [-0.3, -0.25) is 0 Å². The fourth-order valence-corrected chi connectivity index (χ4v) is 2.73. The molecule has 0 spiro atoms. The number of hydrogen-bond acceptors (Lipinski definition) is 1. The molecule has 4 rings (SSSR count). The average molecular weight is 232 g/mol. The summed E-state index contributed by atoms with van der Waals surface area (Å²) in [6.07, 6.45) is 0. The second-order valence-electron chi connectivity index (χ2n) is 4.71. The van der Waals surface area contributed by atoms with E-state index in [9.17, 15) is 0 Å². The van der Waals surface area contributed by atoms with E-state index in [2.05, 4.69) is 49.4 Å². The smallest absolute Gasteiger partial charge is 0.143 e. The first-order chi connectivity index (χ1) is 8.84. The summed E-state index contributed by atoms with van der Waals surface area (Å²) in [6, 6.07) is 18.9. The maximum atomic E-state index is 6.05. The molecule has 18 heavy (non-hydrogen) atoms. The quantitative estimate of drug-likeness (QED) is 0.413. The molecule has 0 saturated carbocycles. The molecule has 0 aliphatic heterocycles. The monoisotopic (exact) mass is 232 g/mol. The summed E-state index contributed by atoms with van der Waals surface area (Å²) in [5.74, 6) is 0. The predicted octanol–water partition coefficient (Wildman–Crippen LogP) is 5.05. The van der Waals surface area contributed by atoms with E-state index in [1.54, 1.807) is 0 Å². The largest absolute Gasteiger partial charge is 0.455 e. The number of furan rings is 1. The Morgan fingerprint density at radius 1 is 0.778 bits per heavy atom. The second-order valence-corrected chi connectivity index (χ2v) is 4.71. The van der Waals surface area contributed by atoms with Crippen LogP contribution in [-0.2, 0) is 0 Å². The van der Waals surface area contributed by atoms with Crippen LogP contribution in [0.25, 0.3) is 32.7 Å². The molecular weight excluding hydrogens is 220 g/mol. The molecule has 0 aliphatic carbocycles. The van der Waals surface area contributed by atoms with E-state index in [1.165, 1.54) is 27.1 Å². The molecule has 0 unspecified atom stereocenters. The van der Waals surface area contributed by atoms with Gasteiger partial charge in [0.15, 0.2) is 0 Å². The van der Waals surface area contributed by atoms with Crippen LogP contribution in [0.15, 0.2) is 59.0 Å². The van der Waals surface area contributed by atoms with Gasteiger partial charge >= 0.3 is 0 Å². The third-order valence-electron chi connectivity index (χ3n) is 3.60. The summed E-state index contributed by atoms with van der Waals surface area (Å²) in [6.45, 7) is 2.13. The van der Waals surface area contributed by atoms with E-state index in [1.807, 2.05) is 12.1 Å². The van der Waals surface area contributed by atoms with Crippen molar-refractivity contribution in [1.82, 2.24) is 0 Å². The first kappa shape index (κ1) is 9.72. The van der Waals surface area contributed by atoms with Crippen LogP contribution in [0.3, 0.4) is 0 Å². The van der Waals surface area contributed by atoms with Crippen LogP contribution < -0.4 is 0 Å². The number of aryl methyl sites for hydroxylation is 1. The molecule has 1 aromatic heterocycles. The zero-order valence-electron chi connectivity index (χ0n) is 10.1. The summed E-state index contributed by atoms with van der Waals surface area (Å²) in [4.78, 5) is 0. The SMILES string of the molecule is Cc1cccc2oc3c4ccccc4ccc3c12. The highest BCUT2D eigenvalue weighted by molar-refractivity contribution is 6.15. The Kier molecular flexibility index (Phi) is 1.81. The molecule has 0 bridgehead atoms. The molecule has 1 nitrogen and oxygen atoms in total. The van der Waals surface area contributed by atoms with Crippen LogP contribution in [0, 0.1) is 6.92 Å². The van der Waals surface area contributed by atoms with Gasteiger partial charge in [-0.15, -0.1) is 0 Å². The van der Waals surface area contributed by atoms with Gasteiger partial charge in [0.25, 0.3) is 0 Å². The number of benzene rings is 3. The highest BCUT2D eigenvalue weighted by Gasteiger charge is 2.10. The molecular formula is C17H12O. The van der Waals surface area contributed by atoms with Gasteiger partial charge in [0, 0.05) is 16.2 Å². The molecule has 4 aromatic rings. The topological polar surface area (TPSA) is 13.1 Å². The lowest BCUT2D eigenvalue weighted by Crippen LogP contribution is -1.74. The average Bonchev–Trinajstić information content (AvgIpc) is 2.79. The lowest BCUT2D eigenvalue weighted by atomic mass is 10.0. The van der Waals surface area contributed by atoms with Crippen LogP contribution in [-0.4, -0.2) is 0 Å². The van der Waals surface area contributed by atoms with Gasteiger partial charge in [0.05, 0.1) is 0 Å². The van der Waals surface area contributed by atoms with E-state index in [4.69, 9.17) is 4.42 Å². The molecule has 0 amide bonds. The molecule has 1 heterocycles. The van der Waals surface area contributed by atoms with Crippen molar-refractivity contribution in [1.29, 1.82) is 0 Å². The van der Waals surface area contributed by atoms with Crippen LogP contribution in [0.1, 0.15) is 5.56 Å². The fraction of sp³-hybridized carbons (Fsp3) is 0.0588. The summed E-state index contributed by atoms with van der Waals surface area (Å²) in [7, 11) is 0. The fourth-order valence-electron chi connectivity index (χ4n) is 2.73. The number of rotatable bonds is 0. The molecule has 0 fully saturated rings. The normalized spacial score (nSPS) is 11.6. The molecule has 0 saturated heterocycles. The molecule has 3 aromatic carbocycles. The van der Waals surface area contributed by atoms with Crippen molar-refractivity contribution >= 4 is 32.7 Å². The predicted molar refractivity (Wildman–Crippen MR) is 76.0 cm³/mol. The Morgan fingerprint density at radius 3 is 2.61 bits per heavy atom. The molecule has 1 heteroatoms. The molecule has 0 radical (unpaired) electrons. The minimum absolute atomic E-state index is 0.973. The number of fused-ring (bicyclic) bond motifs is 5. The maximum Gasteiger partial charge on any atom is 0.143 e. The Bertz CT molecular complexity index is 884. The molecule has 0 atom stereocenters. The van der Waals surface area contributed by atoms with Crippen molar-refractivity contribution in [3.05, 3.63) is 60.2 Å². The minimum Gasteiger partial charge on any atom is -0.455 e. The van der Waals surface area contributed by atoms with Gasteiger partial charge in [-0.2, -0.15) is 0 Å². The van der Waals surface area contributed by atoms with Gasteiger partial charge in [-0.05, 0) is 30.0 Å². The summed E-state index contributed by atoms with van der Waals surface area (Å²) >= 11 is 0. The van der Waals surface area contributed by atoms with Gasteiger partial charge in [-0.1, -0.05) is 42.5 Å². The first-order valence-corrected chi connectivity index (χ1v) is 6.14. The maximum absolute atomic E-state index is 6.05. The highest BCUT2D eigenvalue weighted by Crippen LogP contribution is 2.35. The van der Waals surface area contributed by atoms with Gasteiger partial charge in [0.2, 0.25) is 0 Å². The van der Waals surface area contributed by atoms with Crippen molar-refractivity contribution in [3.8, 4) is 0 Å². The zero-order chi connectivity index (χ0) is 12.1. The standard InChI is InChI=1S/C17H12O/c1-11-5-4-8-15-16(11)14-10-9-12-6-2-3-7-13(12)17(14)18-15/h2-10H,1H3. The van der Waals surface area contributed by atoms with Crippen LogP contribution in [0.5, 0.6) is 0 Å². The Morgan fingerprint density at radius 2 is 1.67 bits per heavy atom. The lowest BCUT2D eigenvalue weighted by Gasteiger charge is -1.98. The van der Waals surface area contributed by atoms with E-state index in [-0.39, 0.29) is 0 Å². The lowest BCUT2D eigenvalue weighted by molar-refractivity contribution is 0.672. The van der Waals surface area contributed by atoms with Crippen LogP contribution >= 0.6 is 0 Å². The van der Waals surface area contributed by atoms with Gasteiger partial charge < -0.3 is 4.42 Å². The van der Waals surface area contributed by atoms with Crippen molar-refractivity contribution < 1.29 is 4.42 Å². The summed E-state index contributed by atoms with van der Waals surface area (Å²) in [5, 5.41) is 4.85. The Balaban J connectivity index is 2.34.